The predicted molar refractivity (Wildman–Crippen MR) is 74.0 cm³/mol. The highest BCUT2D eigenvalue weighted by Crippen LogP contribution is 2.06. The number of carboxylic acids is 1. The summed E-state index contributed by atoms with van der Waals surface area (Å²) in [5.74, 6) is -2.53. The quantitative estimate of drug-likeness (QED) is 0.364. The van der Waals surface area contributed by atoms with Gasteiger partial charge in [0.05, 0.1) is 0 Å². The Labute approximate surface area is 122 Å². The van der Waals surface area contributed by atoms with E-state index < -0.39 is 35.9 Å². The van der Waals surface area contributed by atoms with E-state index in [-0.39, 0.29) is 18.8 Å². The number of amides is 4. The molecule has 4 amide bonds. The van der Waals surface area contributed by atoms with Gasteiger partial charge in [0, 0.05) is 6.42 Å². The fourth-order valence-electron chi connectivity index (χ4n) is 1.69. The van der Waals surface area contributed by atoms with Crippen molar-refractivity contribution in [2.75, 3.05) is 0 Å². The smallest absolute Gasteiger partial charge is 0.326 e. The summed E-state index contributed by atoms with van der Waals surface area (Å²) in [5.41, 5.74) is 9.93. The van der Waals surface area contributed by atoms with Crippen molar-refractivity contribution in [2.24, 2.45) is 17.4 Å². The number of carbonyl (C=O) groups is 4. The van der Waals surface area contributed by atoms with Crippen molar-refractivity contribution in [1.82, 2.24) is 10.6 Å². The lowest BCUT2D eigenvalue weighted by Crippen LogP contribution is -2.53. The largest absolute Gasteiger partial charge is 0.480 e. The molecule has 2 unspecified atom stereocenters. The van der Waals surface area contributed by atoms with Crippen LogP contribution in [0.15, 0.2) is 0 Å². The first-order valence-corrected chi connectivity index (χ1v) is 6.51. The van der Waals surface area contributed by atoms with Gasteiger partial charge in [0.1, 0.15) is 12.1 Å². The predicted octanol–water partition coefficient (Wildman–Crippen LogP) is -1.10. The molecule has 0 saturated heterocycles. The SMILES string of the molecule is CC(C)CC(NC(N)=O)C(=O)NC(CCC(N)=O)C(=O)O. The highest BCUT2D eigenvalue weighted by atomic mass is 16.4. The maximum absolute atomic E-state index is 12.0. The van der Waals surface area contributed by atoms with E-state index in [1.54, 1.807) is 0 Å². The fraction of sp³-hybridized carbons (Fsp3) is 0.667. The number of hydrogen-bond acceptors (Lipinski definition) is 4. The molecule has 2 atom stereocenters. The highest BCUT2D eigenvalue weighted by molar-refractivity contribution is 5.90. The number of urea groups is 1. The van der Waals surface area contributed by atoms with Crippen LogP contribution in [0.1, 0.15) is 33.1 Å². The number of rotatable bonds is 9. The second kappa shape index (κ2) is 8.77. The topological polar surface area (TPSA) is 165 Å². The molecule has 0 aromatic rings. The number of aliphatic carboxylic acids is 1. The average Bonchev–Trinajstić information content (AvgIpc) is 2.31. The Bertz CT molecular complexity index is 410. The Hall–Kier alpha value is -2.32. The Morgan fingerprint density at radius 2 is 1.62 bits per heavy atom. The van der Waals surface area contributed by atoms with Gasteiger partial charge in [-0.15, -0.1) is 0 Å². The van der Waals surface area contributed by atoms with Crippen LogP contribution in [-0.4, -0.2) is 41.0 Å². The fourth-order valence-corrected chi connectivity index (χ4v) is 1.69. The van der Waals surface area contributed by atoms with E-state index in [2.05, 4.69) is 10.6 Å². The van der Waals surface area contributed by atoms with Gasteiger partial charge in [-0.25, -0.2) is 9.59 Å². The molecular weight excluding hydrogens is 280 g/mol. The van der Waals surface area contributed by atoms with Gasteiger partial charge in [-0.2, -0.15) is 0 Å². The molecule has 0 saturated carbocycles. The van der Waals surface area contributed by atoms with Gasteiger partial charge in [-0.1, -0.05) is 13.8 Å². The van der Waals surface area contributed by atoms with E-state index in [9.17, 15) is 19.2 Å². The third kappa shape index (κ3) is 8.45. The van der Waals surface area contributed by atoms with Gasteiger partial charge in [-0.05, 0) is 18.8 Å². The minimum absolute atomic E-state index is 0.0847. The zero-order valence-corrected chi connectivity index (χ0v) is 12.1. The molecule has 0 spiro atoms. The molecule has 0 aromatic heterocycles. The first kappa shape index (κ1) is 18.7. The van der Waals surface area contributed by atoms with Crippen LogP contribution in [0, 0.1) is 5.92 Å². The molecule has 0 aliphatic heterocycles. The second-order valence-electron chi connectivity index (χ2n) is 5.10. The molecule has 21 heavy (non-hydrogen) atoms. The van der Waals surface area contributed by atoms with Gasteiger partial charge in [0.2, 0.25) is 11.8 Å². The molecule has 9 nitrogen and oxygen atoms in total. The monoisotopic (exact) mass is 302 g/mol. The van der Waals surface area contributed by atoms with Gasteiger partial charge >= 0.3 is 12.0 Å². The molecule has 120 valence electrons. The lowest BCUT2D eigenvalue weighted by atomic mass is 10.0. The summed E-state index contributed by atoms with van der Waals surface area (Å²) >= 11 is 0. The van der Waals surface area contributed by atoms with Gasteiger partial charge in [0.15, 0.2) is 0 Å². The van der Waals surface area contributed by atoms with Crippen LogP contribution in [0.5, 0.6) is 0 Å². The van der Waals surface area contributed by atoms with E-state index >= 15 is 0 Å². The Balaban J connectivity index is 4.76. The van der Waals surface area contributed by atoms with E-state index in [1.165, 1.54) is 0 Å². The maximum Gasteiger partial charge on any atom is 0.326 e. The van der Waals surface area contributed by atoms with E-state index in [4.69, 9.17) is 16.6 Å². The molecule has 9 heteroatoms. The van der Waals surface area contributed by atoms with Gasteiger partial charge in [-0.3, -0.25) is 9.59 Å². The molecular formula is C12H22N4O5. The number of nitrogens with two attached hydrogens (primary N) is 2. The first-order chi connectivity index (χ1) is 9.63. The van der Waals surface area contributed by atoms with Crippen LogP contribution in [0.2, 0.25) is 0 Å². The molecule has 0 aliphatic carbocycles. The Morgan fingerprint density at radius 3 is 2.00 bits per heavy atom. The maximum atomic E-state index is 12.0. The van der Waals surface area contributed by atoms with Crippen LogP contribution in [0.25, 0.3) is 0 Å². The van der Waals surface area contributed by atoms with E-state index in [1.807, 2.05) is 13.8 Å². The Kier molecular flexibility index (Phi) is 7.80. The van der Waals surface area contributed by atoms with Crippen molar-refractivity contribution in [1.29, 1.82) is 0 Å². The average molecular weight is 302 g/mol. The van der Waals surface area contributed by atoms with Crippen molar-refractivity contribution in [2.45, 2.75) is 45.2 Å². The Morgan fingerprint density at radius 1 is 1.05 bits per heavy atom. The minimum atomic E-state index is -1.29. The molecule has 0 fully saturated rings. The summed E-state index contributed by atoms with van der Waals surface area (Å²) in [4.78, 5) is 44.6. The number of nitrogens with one attached hydrogen (secondary N) is 2. The van der Waals surface area contributed by atoms with Crippen LogP contribution in [-0.2, 0) is 14.4 Å². The molecule has 0 aliphatic rings. The molecule has 0 heterocycles. The molecule has 7 N–H and O–H groups in total. The van der Waals surface area contributed by atoms with Crippen LogP contribution >= 0.6 is 0 Å². The second-order valence-corrected chi connectivity index (χ2v) is 5.10. The normalized spacial score (nSPS) is 13.3. The lowest BCUT2D eigenvalue weighted by Gasteiger charge is -2.21. The zero-order chi connectivity index (χ0) is 16.6. The molecule has 0 aromatic carbocycles. The van der Waals surface area contributed by atoms with E-state index in [0.29, 0.717) is 6.42 Å². The van der Waals surface area contributed by atoms with Gasteiger partial charge in [0.25, 0.3) is 0 Å². The third-order valence-corrected chi connectivity index (χ3v) is 2.63. The minimum Gasteiger partial charge on any atom is -0.480 e. The van der Waals surface area contributed by atoms with Crippen molar-refractivity contribution < 1.29 is 24.3 Å². The van der Waals surface area contributed by atoms with Crippen molar-refractivity contribution in [3.8, 4) is 0 Å². The summed E-state index contributed by atoms with van der Waals surface area (Å²) in [6.45, 7) is 3.68. The summed E-state index contributed by atoms with van der Waals surface area (Å²) in [6.07, 6.45) is 0.00759. The van der Waals surface area contributed by atoms with Crippen LogP contribution < -0.4 is 22.1 Å². The van der Waals surface area contributed by atoms with E-state index in [0.717, 1.165) is 0 Å². The summed E-state index contributed by atoms with van der Waals surface area (Å²) < 4.78 is 0. The van der Waals surface area contributed by atoms with Crippen LogP contribution in [0.4, 0.5) is 4.79 Å². The van der Waals surface area contributed by atoms with Crippen molar-refractivity contribution >= 4 is 23.8 Å². The number of hydrogen-bond donors (Lipinski definition) is 5. The highest BCUT2D eigenvalue weighted by Gasteiger charge is 2.26. The third-order valence-electron chi connectivity index (χ3n) is 2.63. The van der Waals surface area contributed by atoms with Crippen LogP contribution in [0.3, 0.4) is 0 Å². The van der Waals surface area contributed by atoms with Crippen molar-refractivity contribution in [3.05, 3.63) is 0 Å². The first-order valence-electron chi connectivity index (χ1n) is 6.51. The number of carbonyl (C=O) groups excluding carboxylic acids is 3. The summed E-state index contributed by atoms with van der Waals surface area (Å²) in [7, 11) is 0. The number of carboxylic acid groups (broad SMARTS) is 1. The standard InChI is InChI=1S/C12H22N4O5/c1-6(2)5-8(16-12(14)21)10(18)15-7(11(19)20)3-4-9(13)17/h6-8H,3-5H2,1-2H3,(H2,13,17)(H,15,18)(H,19,20)(H3,14,16,21). The lowest BCUT2D eigenvalue weighted by molar-refractivity contribution is -0.142. The molecule has 0 radical (unpaired) electrons. The zero-order valence-electron chi connectivity index (χ0n) is 12.1. The number of primary amides is 2. The van der Waals surface area contributed by atoms with Gasteiger partial charge < -0.3 is 27.2 Å². The summed E-state index contributed by atoms with van der Waals surface area (Å²) in [5, 5.41) is 13.5. The molecule has 0 bridgehead atoms. The summed E-state index contributed by atoms with van der Waals surface area (Å²) in [6, 6.07) is -3.06. The molecule has 0 rings (SSSR count). The van der Waals surface area contributed by atoms with Crippen molar-refractivity contribution in [3.63, 3.8) is 0 Å².